The molecule has 0 atom stereocenters. The Labute approximate surface area is 123 Å². The van der Waals surface area contributed by atoms with Gasteiger partial charge in [0.1, 0.15) is 10.0 Å². The van der Waals surface area contributed by atoms with Gasteiger partial charge in [0.25, 0.3) is 0 Å². The van der Waals surface area contributed by atoms with Crippen molar-refractivity contribution in [1.29, 1.82) is 0 Å². The van der Waals surface area contributed by atoms with E-state index in [-0.39, 0.29) is 0 Å². The van der Waals surface area contributed by atoms with Crippen molar-refractivity contribution in [3.05, 3.63) is 44.9 Å². The van der Waals surface area contributed by atoms with Crippen LogP contribution in [-0.2, 0) is 12.8 Å². The van der Waals surface area contributed by atoms with E-state index in [9.17, 15) is 0 Å². The van der Waals surface area contributed by atoms with E-state index in [1.165, 1.54) is 5.56 Å². The van der Waals surface area contributed by atoms with Gasteiger partial charge >= 0.3 is 0 Å². The van der Waals surface area contributed by atoms with E-state index in [0.29, 0.717) is 6.04 Å². The van der Waals surface area contributed by atoms with Crippen molar-refractivity contribution in [3.63, 3.8) is 0 Å². The smallest absolute Gasteiger partial charge is 0.121 e. The molecule has 0 saturated carbocycles. The fourth-order valence-corrected chi connectivity index (χ4v) is 2.84. The molecule has 0 aliphatic heterocycles. The molecule has 2 rings (SSSR count). The summed E-state index contributed by atoms with van der Waals surface area (Å²) in [6.45, 7) is 5.23. The minimum absolute atomic E-state index is 0.513. The van der Waals surface area contributed by atoms with Gasteiger partial charge in [0.2, 0.25) is 0 Å². The van der Waals surface area contributed by atoms with Gasteiger partial charge in [0.15, 0.2) is 0 Å². The van der Waals surface area contributed by atoms with Crippen LogP contribution in [0.5, 0.6) is 0 Å². The van der Waals surface area contributed by atoms with E-state index < -0.39 is 0 Å². The first-order valence-corrected chi connectivity index (χ1v) is 7.62. The molecule has 0 unspecified atom stereocenters. The quantitative estimate of drug-likeness (QED) is 0.888. The fourth-order valence-electron chi connectivity index (χ4n) is 1.75. The molecule has 0 radical (unpaired) electrons. The summed E-state index contributed by atoms with van der Waals surface area (Å²) in [5.74, 6) is 0. The first-order chi connectivity index (χ1) is 9.13. The number of hydrogen-bond donors (Lipinski definition) is 1. The van der Waals surface area contributed by atoms with Crippen LogP contribution in [0.1, 0.15) is 29.4 Å². The molecule has 0 fully saturated rings. The standard InChI is InChI=1S/C14H18ClN3S/c1-10(2)16-7-6-13-17-18-14(19-13)9-11-4-3-5-12(15)8-11/h3-5,8,10,16H,6-7,9H2,1-2H3. The predicted octanol–water partition coefficient (Wildman–Crippen LogP) is 3.32. The maximum absolute atomic E-state index is 5.97. The maximum Gasteiger partial charge on any atom is 0.121 e. The lowest BCUT2D eigenvalue weighted by molar-refractivity contribution is 0.588. The normalized spacial score (nSPS) is 11.2. The number of aromatic nitrogens is 2. The van der Waals surface area contributed by atoms with Crippen LogP contribution in [0.3, 0.4) is 0 Å². The summed E-state index contributed by atoms with van der Waals surface area (Å²) < 4.78 is 0. The number of benzene rings is 1. The van der Waals surface area contributed by atoms with Crippen molar-refractivity contribution in [2.45, 2.75) is 32.7 Å². The number of nitrogens with zero attached hydrogens (tertiary/aromatic N) is 2. The second kappa shape index (κ2) is 6.98. The van der Waals surface area contributed by atoms with Crippen molar-refractivity contribution in [3.8, 4) is 0 Å². The lowest BCUT2D eigenvalue weighted by Crippen LogP contribution is -2.24. The van der Waals surface area contributed by atoms with Gasteiger partial charge in [-0.1, -0.05) is 37.6 Å². The molecule has 0 bridgehead atoms. The Bertz CT molecular complexity index is 525. The molecule has 0 spiro atoms. The molecule has 0 saturated heterocycles. The zero-order valence-electron chi connectivity index (χ0n) is 11.2. The van der Waals surface area contributed by atoms with Gasteiger partial charge in [0.05, 0.1) is 0 Å². The number of nitrogens with one attached hydrogen (secondary N) is 1. The minimum atomic E-state index is 0.513. The van der Waals surface area contributed by atoms with Gasteiger partial charge in [-0.25, -0.2) is 0 Å². The van der Waals surface area contributed by atoms with Crippen LogP contribution in [0.2, 0.25) is 5.02 Å². The van der Waals surface area contributed by atoms with Crippen molar-refractivity contribution in [2.75, 3.05) is 6.54 Å². The lowest BCUT2D eigenvalue weighted by atomic mass is 10.2. The summed E-state index contributed by atoms with van der Waals surface area (Å²) in [7, 11) is 0. The Morgan fingerprint density at radius 2 is 2.05 bits per heavy atom. The number of rotatable bonds is 6. The van der Waals surface area contributed by atoms with Gasteiger partial charge < -0.3 is 5.32 Å². The molecule has 102 valence electrons. The van der Waals surface area contributed by atoms with Crippen molar-refractivity contribution in [2.24, 2.45) is 0 Å². The molecule has 1 aromatic carbocycles. The topological polar surface area (TPSA) is 37.8 Å². The molecule has 0 aliphatic carbocycles. The Kier molecular flexibility index (Phi) is 5.31. The molecule has 5 heteroatoms. The second-order valence-electron chi connectivity index (χ2n) is 4.76. The number of hydrogen-bond acceptors (Lipinski definition) is 4. The summed E-state index contributed by atoms with van der Waals surface area (Å²) in [5.41, 5.74) is 1.18. The lowest BCUT2D eigenvalue weighted by Gasteiger charge is -2.05. The third-order valence-corrected chi connectivity index (χ3v) is 3.86. The molecule has 0 aliphatic rings. The van der Waals surface area contributed by atoms with Gasteiger partial charge in [-0.3, -0.25) is 0 Å². The highest BCUT2D eigenvalue weighted by Gasteiger charge is 2.05. The van der Waals surface area contributed by atoms with E-state index in [1.54, 1.807) is 11.3 Å². The highest BCUT2D eigenvalue weighted by atomic mass is 35.5. The Morgan fingerprint density at radius 3 is 2.79 bits per heavy atom. The zero-order valence-corrected chi connectivity index (χ0v) is 12.8. The van der Waals surface area contributed by atoms with E-state index in [2.05, 4.69) is 35.4 Å². The SMILES string of the molecule is CC(C)NCCc1nnc(Cc2cccc(Cl)c2)s1. The molecule has 1 aromatic heterocycles. The van der Waals surface area contributed by atoms with Crippen molar-refractivity contribution < 1.29 is 0 Å². The van der Waals surface area contributed by atoms with Crippen LogP contribution in [0, 0.1) is 0 Å². The van der Waals surface area contributed by atoms with Gasteiger partial charge in [-0.15, -0.1) is 21.5 Å². The minimum Gasteiger partial charge on any atom is -0.314 e. The van der Waals surface area contributed by atoms with E-state index in [1.807, 2.05) is 18.2 Å². The summed E-state index contributed by atoms with van der Waals surface area (Å²) in [6, 6.07) is 8.40. The first-order valence-electron chi connectivity index (χ1n) is 6.42. The average Bonchev–Trinajstić information content (AvgIpc) is 2.76. The van der Waals surface area contributed by atoms with Crippen LogP contribution < -0.4 is 5.32 Å². The summed E-state index contributed by atoms with van der Waals surface area (Å²) in [6.07, 6.45) is 1.74. The average molecular weight is 296 g/mol. The van der Waals surface area contributed by atoms with Gasteiger partial charge in [0, 0.05) is 30.5 Å². The van der Waals surface area contributed by atoms with Gasteiger partial charge in [-0.2, -0.15) is 0 Å². The molecule has 0 amide bonds. The van der Waals surface area contributed by atoms with Crippen molar-refractivity contribution >= 4 is 22.9 Å². The molecular formula is C14H18ClN3S. The molecular weight excluding hydrogens is 278 g/mol. The molecule has 2 aromatic rings. The zero-order chi connectivity index (χ0) is 13.7. The Hall–Kier alpha value is -0.970. The molecule has 19 heavy (non-hydrogen) atoms. The molecule has 1 heterocycles. The van der Waals surface area contributed by atoms with E-state index >= 15 is 0 Å². The summed E-state index contributed by atoms with van der Waals surface area (Å²) >= 11 is 7.65. The summed E-state index contributed by atoms with van der Waals surface area (Å²) in [5, 5.41) is 14.7. The van der Waals surface area contributed by atoms with Crippen molar-refractivity contribution in [1.82, 2.24) is 15.5 Å². The highest BCUT2D eigenvalue weighted by Crippen LogP contribution is 2.17. The van der Waals surface area contributed by atoms with Crippen LogP contribution in [0.15, 0.2) is 24.3 Å². The first kappa shape index (κ1) is 14.4. The molecule has 3 nitrogen and oxygen atoms in total. The summed E-state index contributed by atoms with van der Waals surface area (Å²) in [4.78, 5) is 0. The Balaban J connectivity index is 1.90. The van der Waals surface area contributed by atoms with Gasteiger partial charge in [-0.05, 0) is 17.7 Å². The maximum atomic E-state index is 5.97. The van der Waals surface area contributed by atoms with E-state index in [4.69, 9.17) is 11.6 Å². The molecule has 1 N–H and O–H groups in total. The third kappa shape index (κ3) is 4.90. The second-order valence-corrected chi connectivity index (χ2v) is 6.34. The highest BCUT2D eigenvalue weighted by molar-refractivity contribution is 7.11. The third-order valence-electron chi connectivity index (χ3n) is 2.64. The fraction of sp³-hybridized carbons (Fsp3) is 0.429. The Morgan fingerprint density at radius 1 is 1.26 bits per heavy atom. The predicted molar refractivity (Wildman–Crippen MR) is 81.0 cm³/mol. The van der Waals surface area contributed by atoms with Crippen LogP contribution in [0.25, 0.3) is 0 Å². The largest absolute Gasteiger partial charge is 0.314 e. The monoisotopic (exact) mass is 295 g/mol. The van der Waals surface area contributed by atoms with Crippen LogP contribution in [0.4, 0.5) is 0 Å². The number of halogens is 1. The van der Waals surface area contributed by atoms with Crippen LogP contribution in [-0.4, -0.2) is 22.8 Å². The van der Waals surface area contributed by atoms with E-state index in [0.717, 1.165) is 34.4 Å². The van der Waals surface area contributed by atoms with Crippen LogP contribution >= 0.6 is 22.9 Å².